The second kappa shape index (κ2) is 9.25. The molecule has 6 rings (SSSR count). The molecule has 0 saturated carbocycles. The van der Waals surface area contributed by atoms with Crippen LogP contribution < -0.4 is 24.0 Å². The van der Waals surface area contributed by atoms with Crippen molar-refractivity contribution in [2.45, 2.75) is 6.54 Å². The molecule has 1 aromatic heterocycles. The number of morpholine rings is 1. The molecule has 3 heterocycles. The first-order valence-electron chi connectivity index (χ1n) is 12.0. The van der Waals surface area contributed by atoms with Gasteiger partial charge in [0, 0.05) is 18.7 Å². The summed E-state index contributed by atoms with van der Waals surface area (Å²) in [5.41, 5.74) is 1.92. The maximum absolute atomic E-state index is 14.1. The Hall–Kier alpha value is -4.37. The van der Waals surface area contributed by atoms with Crippen molar-refractivity contribution in [1.29, 1.82) is 0 Å². The minimum Gasteiger partial charge on any atom is -0.496 e. The number of allylic oxidation sites excluding steroid dienone is 2. The first kappa shape index (κ1) is 23.1. The van der Waals surface area contributed by atoms with E-state index in [0.717, 1.165) is 24.5 Å². The van der Waals surface area contributed by atoms with E-state index in [9.17, 15) is 9.59 Å². The van der Waals surface area contributed by atoms with Crippen LogP contribution in [0.5, 0.6) is 17.2 Å². The average Bonchev–Trinajstić information content (AvgIpc) is 3.13. The van der Waals surface area contributed by atoms with E-state index < -0.39 is 5.78 Å². The Bertz CT molecular complexity index is 1430. The van der Waals surface area contributed by atoms with E-state index in [1.165, 1.54) is 14.2 Å². The molecule has 0 radical (unpaired) electrons. The van der Waals surface area contributed by atoms with Gasteiger partial charge in [-0.05, 0) is 30.3 Å². The first-order valence-corrected chi connectivity index (χ1v) is 12.0. The van der Waals surface area contributed by atoms with Crippen molar-refractivity contribution in [3.8, 4) is 17.2 Å². The van der Waals surface area contributed by atoms with Crippen LogP contribution in [-0.2, 0) is 11.3 Å². The van der Waals surface area contributed by atoms with Crippen LogP contribution in [0.15, 0.2) is 66.2 Å². The lowest BCUT2D eigenvalue weighted by Gasteiger charge is -2.31. The standard InChI is InChI=1S/C28H25N3O6/c1-34-20-8-9-21(35-2)24-23(20)26(32)25-28(27(24)33)37-19-6-4-3-5-17(19)16-31(25)18-7-10-22(29-15-18)30-11-13-36-14-12-30/h3-10,15H,11-14,16H2,1-2H3. The van der Waals surface area contributed by atoms with Crippen LogP contribution in [0, 0.1) is 0 Å². The molecule has 9 nitrogen and oxygen atoms in total. The molecule has 188 valence electrons. The van der Waals surface area contributed by atoms with Crippen molar-refractivity contribution < 1.29 is 28.5 Å². The number of carbonyl (C=O) groups excluding carboxylic acids is 2. The summed E-state index contributed by atoms with van der Waals surface area (Å²) in [5, 5.41) is 0. The normalized spacial score (nSPS) is 16.9. The summed E-state index contributed by atoms with van der Waals surface area (Å²) < 4.78 is 22.6. The summed E-state index contributed by atoms with van der Waals surface area (Å²) in [5.74, 6) is 1.04. The van der Waals surface area contributed by atoms with Crippen LogP contribution >= 0.6 is 0 Å². The molecule has 0 spiro atoms. The highest BCUT2D eigenvalue weighted by Crippen LogP contribution is 2.43. The summed E-state index contributed by atoms with van der Waals surface area (Å²) >= 11 is 0. The third-order valence-electron chi connectivity index (χ3n) is 6.82. The number of Topliss-reactive ketones (excluding diaryl/α,β-unsaturated/α-hetero) is 2. The van der Waals surface area contributed by atoms with E-state index >= 15 is 0 Å². The van der Waals surface area contributed by atoms with E-state index in [0.29, 0.717) is 36.9 Å². The molecule has 2 aliphatic heterocycles. The number of para-hydroxylation sites is 1. The highest BCUT2D eigenvalue weighted by atomic mass is 16.5. The van der Waals surface area contributed by atoms with E-state index in [4.69, 9.17) is 18.9 Å². The lowest BCUT2D eigenvalue weighted by Crippen LogP contribution is -2.37. The molecule has 1 saturated heterocycles. The second-order valence-corrected chi connectivity index (χ2v) is 8.83. The number of anilines is 2. The van der Waals surface area contributed by atoms with Crippen LogP contribution in [0.1, 0.15) is 26.3 Å². The lowest BCUT2D eigenvalue weighted by atomic mass is 9.88. The van der Waals surface area contributed by atoms with Crippen molar-refractivity contribution in [3.63, 3.8) is 0 Å². The van der Waals surface area contributed by atoms with Crippen LogP contribution in [0.3, 0.4) is 0 Å². The van der Waals surface area contributed by atoms with Gasteiger partial charge in [-0.25, -0.2) is 4.98 Å². The van der Waals surface area contributed by atoms with Crippen molar-refractivity contribution in [2.75, 3.05) is 50.3 Å². The van der Waals surface area contributed by atoms with Gasteiger partial charge in [0.05, 0.1) is 57.0 Å². The Balaban J connectivity index is 1.50. The molecule has 1 aliphatic carbocycles. The van der Waals surface area contributed by atoms with Crippen LogP contribution in [0.4, 0.5) is 11.5 Å². The van der Waals surface area contributed by atoms with E-state index in [1.807, 2.05) is 30.3 Å². The number of pyridine rings is 1. The number of ketones is 2. The van der Waals surface area contributed by atoms with Crippen LogP contribution in [0.25, 0.3) is 0 Å². The summed E-state index contributed by atoms with van der Waals surface area (Å²) in [6, 6.07) is 14.5. The molecule has 0 amide bonds. The molecule has 3 aromatic rings. The number of fused-ring (bicyclic) bond motifs is 2. The minimum absolute atomic E-state index is 0.0498. The van der Waals surface area contributed by atoms with Crippen molar-refractivity contribution in [3.05, 3.63) is 82.9 Å². The molecule has 0 atom stereocenters. The molecule has 0 N–H and O–H groups in total. The largest absolute Gasteiger partial charge is 0.496 e. The van der Waals surface area contributed by atoms with Gasteiger partial charge in [0.2, 0.25) is 17.3 Å². The highest BCUT2D eigenvalue weighted by molar-refractivity contribution is 6.29. The fraction of sp³-hybridized carbons (Fsp3) is 0.250. The Morgan fingerprint density at radius 1 is 0.865 bits per heavy atom. The third kappa shape index (κ3) is 3.79. The van der Waals surface area contributed by atoms with Crippen molar-refractivity contribution in [2.24, 2.45) is 0 Å². The summed E-state index contributed by atoms with van der Waals surface area (Å²) in [6.07, 6.45) is 1.72. The number of rotatable bonds is 4. The molecule has 1 fully saturated rings. The molecule has 2 aromatic carbocycles. The van der Waals surface area contributed by atoms with Crippen LogP contribution in [0.2, 0.25) is 0 Å². The lowest BCUT2D eigenvalue weighted by molar-refractivity contribution is 0.0930. The monoisotopic (exact) mass is 499 g/mol. The molecule has 9 heteroatoms. The second-order valence-electron chi connectivity index (χ2n) is 8.83. The number of ether oxygens (including phenoxy) is 4. The van der Waals surface area contributed by atoms with Gasteiger partial charge in [-0.2, -0.15) is 0 Å². The van der Waals surface area contributed by atoms with Gasteiger partial charge in [-0.15, -0.1) is 0 Å². The predicted molar refractivity (Wildman–Crippen MR) is 136 cm³/mol. The molecular weight excluding hydrogens is 474 g/mol. The average molecular weight is 500 g/mol. The minimum atomic E-state index is -0.444. The van der Waals surface area contributed by atoms with E-state index in [2.05, 4.69) is 9.88 Å². The number of hydrogen-bond donors (Lipinski definition) is 0. The van der Waals surface area contributed by atoms with Gasteiger partial charge in [0.1, 0.15) is 28.8 Å². The number of hydrogen-bond acceptors (Lipinski definition) is 9. The predicted octanol–water partition coefficient (Wildman–Crippen LogP) is 3.63. The molecule has 0 unspecified atom stereocenters. The Kier molecular flexibility index (Phi) is 5.77. The third-order valence-corrected chi connectivity index (χ3v) is 6.82. The van der Waals surface area contributed by atoms with Crippen molar-refractivity contribution in [1.82, 2.24) is 4.98 Å². The number of benzene rings is 2. The SMILES string of the molecule is COc1ccc(OC)c2c1C(=O)C1=C(C2=O)N(c2ccc(N3CCOCC3)nc2)Cc2ccccc2O1. The van der Waals surface area contributed by atoms with Crippen molar-refractivity contribution >= 4 is 23.1 Å². The molecule has 37 heavy (non-hydrogen) atoms. The molecular formula is C28H25N3O6. The van der Waals surface area contributed by atoms with Gasteiger partial charge in [-0.1, -0.05) is 18.2 Å². The molecule has 3 aliphatic rings. The maximum Gasteiger partial charge on any atom is 0.235 e. The smallest absolute Gasteiger partial charge is 0.235 e. The zero-order valence-corrected chi connectivity index (χ0v) is 20.5. The fourth-order valence-corrected chi connectivity index (χ4v) is 4.97. The van der Waals surface area contributed by atoms with E-state index in [-0.39, 0.29) is 34.1 Å². The van der Waals surface area contributed by atoms with Gasteiger partial charge in [-0.3, -0.25) is 9.59 Å². The first-order chi connectivity index (χ1) is 18.1. The summed E-state index contributed by atoms with van der Waals surface area (Å²) in [6.45, 7) is 3.15. The number of nitrogens with zero attached hydrogens (tertiary/aromatic N) is 3. The Labute approximate surface area is 213 Å². The number of aromatic nitrogens is 1. The zero-order chi connectivity index (χ0) is 25.5. The highest BCUT2D eigenvalue weighted by Gasteiger charge is 2.43. The van der Waals surface area contributed by atoms with Gasteiger partial charge < -0.3 is 28.7 Å². The van der Waals surface area contributed by atoms with Gasteiger partial charge in [0.15, 0.2) is 0 Å². The van der Waals surface area contributed by atoms with Crippen LogP contribution in [-0.4, -0.2) is 57.1 Å². The molecule has 0 bridgehead atoms. The fourth-order valence-electron chi connectivity index (χ4n) is 4.97. The number of carbonyl (C=O) groups is 2. The topological polar surface area (TPSA) is 90.4 Å². The van der Waals surface area contributed by atoms with Gasteiger partial charge >= 0.3 is 0 Å². The zero-order valence-electron chi connectivity index (χ0n) is 20.5. The Morgan fingerprint density at radius 2 is 1.57 bits per heavy atom. The van der Waals surface area contributed by atoms with Gasteiger partial charge in [0.25, 0.3) is 0 Å². The maximum atomic E-state index is 14.1. The van der Waals surface area contributed by atoms with E-state index in [1.54, 1.807) is 29.3 Å². The Morgan fingerprint density at radius 3 is 2.24 bits per heavy atom. The number of methoxy groups -OCH3 is 2. The summed E-state index contributed by atoms with van der Waals surface area (Å²) in [4.78, 5) is 36.7. The quantitative estimate of drug-likeness (QED) is 0.534. The summed E-state index contributed by atoms with van der Waals surface area (Å²) in [7, 11) is 2.93.